The van der Waals surface area contributed by atoms with Gasteiger partial charge in [-0.3, -0.25) is 0 Å². The van der Waals surface area contributed by atoms with E-state index in [9.17, 15) is 5.26 Å². The summed E-state index contributed by atoms with van der Waals surface area (Å²) < 4.78 is 0. The maximum atomic E-state index is 9.25. The molecule has 1 heterocycles. The van der Waals surface area contributed by atoms with Gasteiger partial charge >= 0.3 is 0 Å². The molecule has 0 bridgehead atoms. The summed E-state index contributed by atoms with van der Waals surface area (Å²) in [6.07, 6.45) is 4.41. The lowest BCUT2D eigenvalue weighted by atomic mass is 9.74. The van der Waals surface area contributed by atoms with Crippen LogP contribution in [0.3, 0.4) is 0 Å². The monoisotopic (exact) mass is 194 g/mol. The SMILES string of the molecule is CC(C)(C)CCC1(C#N)CCCNC1. The lowest BCUT2D eigenvalue weighted by Crippen LogP contribution is -2.39. The van der Waals surface area contributed by atoms with Crippen LogP contribution in [0.2, 0.25) is 0 Å². The van der Waals surface area contributed by atoms with Gasteiger partial charge in [0.15, 0.2) is 0 Å². The molecule has 1 rings (SSSR count). The lowest BCUT2D eigenvalue weighted by Gasteiger charge is -2.33. The molecule has 0 aromatic rings. The zero-order valence-electron chi connectivity index (χ0n) is 9.69. The van der Waals surface area contributed by atoms with Crippen molar-refractivity contribution in [2.24, 2.45) is 10.8 Å². The standard InChI is InChI=1S/C12H22N2/c1-11(2,3)6-7-12(9-13)5-4-8-14-10-12/h14H,4-8,10H2,1-3H3. The average molecular weight is 194 g/mol. The van der Waals surface area contributed by atoms with Gasteiger partial charge in [0.25, 0.3) is 0 Å². The van der Waals surface area contributed by atoms with Crippen molar-refractivity contribution in [3.8, 4) is 6.07 Å². The molecule has 1 N–H and O–H groups in total. The Morgan fingerprint density at radius 3 is 2.57 bits per heavy atom. The predicted molar refractivity (Wildman–Crippen MR) is 58.8 cm³/mol. The molecule has 0 radical (unpaired) electrons. The number of hydrogen-bond donors (Lipinski definition) is 1. The van der Waals surface area contributed by atoms with E-state index < -0.39 is 0 Å². The fourth-order valence-corrected chi connectivity index (χ4v) is 1.95. The molecule has 1 aliphatic heterocycles. The predicted octanol–water partition coefficient (Wildman–Crippen LogP) is 2.71. The van der Waals surface area contributed by atoms with E-state index in [1.54, 1.807) is 0 Å². The van der Waals surface area contributed by atoms with Gasteiger partial charge in [-0.05, 0) is 37.6 Å². The van der Waals surface area contributed by atoms with Crippen LogP contribution < -0.4 is 5.32 Å². The Morgan fingerprint density at radius 2 is 2.14 bits per heavy atom. The Bertz CT molecular complexity index is 213. The average Bonchev–Trinajstić information content (AvgIpc) is 2.15. The fraction of sp³-hybridized carbons (Fsp3) is 0.917. The fourth-order valence-electron chi connectivity index (χ4n) is 1.95. The minimum Gasteiger partial charge on any atom is -0.315 e. The summed E-state index contributed by atoms with van der Waals surface area (Å²) >= 11 is 0. The zero-order chi connectivity index (χ0) is 10.7. The quantitative estimate of drug-likeness (QED) is 0.733. The normalized spacial score (nSPS) is 28.4. The van der Waals surface area contributed by atoms with E-state index >= 15 is 0 Å². The van der Waals surface area contributed by atoms with Gasteiger partial charge < -0.3 is 5.32 Å². The number of rotatable bonds is 2. The van der Waals surface area contributed by atoms with Crippen molar-refractivity contribution < 1.29 is 0 Å². The van der Waals surface area contributed by atoms with Crippen LogP contribution in [-0.2, 0) is 0 Å². The molecule has 2 heteroatoms. The highest BCUT2D eigenvalue weighted by Crippen LogP contribution is 2.35. The van der Waals surface area contributed by atoms with E-state index in [0.717, 1.165) is 38.8 Å². The minimum absolute atomic E-state index is 0.0778. The molecule has 0 aromatic carbocycles. The summed E-state index contributed by atoms with van der Waals surface area (Å²) in [4.78, 5) is 0. The van der Waals surface area contributed by atoms with Crippen LogP contribution in [0.15, 0.2) is 0 Å². The molecule has 1 atom stereocenters. The van der Waals surface area contributed by atoms with Crippen molar-refractivity contribution in [1.29, 1.82) is 5.26 Å². The van der Waals surface area contributed by atoms with Crippen LogP contribution in [0, 0.1) is 22.2 Å². The Labute approximate surface area is 87.7 Å². The Morgan fingerprint density at radius 1 is 1.43 bits per heavy atom. The molecule has 0 aromatic heterocycles. The molecule has 1 aliphatic rings. The van der Waals surface area contributed by atoms with E-state index in [1.807, 2.05) is 0 Å². The largest absolute Gasteiger partial charge is 0.315 e. The lowest BCUT2D eigenvalue weighted by molar-refractivity contribution is 0.223. The van der Waals surface area contributed by atoms with Crippen LogP contribution in [0.5, 0.6) is 0 Å². The molecule has 14 heavy (non-hydrogen) atoms. The van der Waals surface area contributed by atoms with Crippen LogP contribution in [-0.4, -0.2) is 13.1 Å². The zero-order valence-corrected chi connectivity index (χ0v) is 9.69. The smallest absolute Gasteiger partial charge is 0.0703 e. The molecule has 1 saturated heterocycles. The van der Waals surface area contributed by atoms with E-state index in [-0.39, 0.29) is 5.41 Å². The first kappa shape index (κ1) is 11.5. The highest BCUT2D eigenvalue weighted by Gasteiger charge is 2.32. The third-order valence-electron chi connectivity index (χ3n) is 3.06. The third kappa shape index (κ3) is 3.31. The number of hydrogen-bond acceptors (Lipinski definition) is 2. The second-order valence-corrected chi connectivity index (χ2v) is 5.73. The Hall–Kier alpha value is -0.550. The van der Waals surface area contributed by atoms with Crippen molar-refractivity contribution >= 4 is 0 Å². The number of piperidine rings is 1. The summed E-state index contributed by atoms with van der Waals surface area (Å²) in [5.41, 5.74) is 0.271. The molecular weight excluding hydrogens is 172 g/mol. The molecule has 1 fully saturated rings. The van der Waals surface area contributed by atoms with Crippen molar-refractivity contribution in [1.82, 2.24) is 5.32 Å². The first-order valence-corrected chi connectivity index (χ1v) is 5.59. The molecule has 0 spiro atoms. The summed E-state index contributed by atoms with van der Waals surface area (Å²) in [7, 11) is 0. The maximum Gasteiger partial charge on any atom is 0.0703 e. The number of nitrogens with one attached hydrogen (secondary N) is 1. The maximum absolute atomic E-state index is 9.25. The summed E-state index contributed by atoms with van der Waals surface area (Å²) in [5.74, 6) is 0. The van der Waals surface area contributed by atoms with Crippen LogP contribution in [0.25, 0.3) is 0 Å². The molecule has 2 nitrogen and oxygen atoms in total. The first-order chi connectivity index (χ1) is 6.47. The van der Waals surface area contributed by atoms with Gasteiger partial charge in [0.1, 0.15) is 0 Å². The van der Waals surface area contributed by atoms with Crippen LogP contribution >= 0.6 is 0 Å². The van der Waals surface area contributed by atoms with Crippen molar-refractivity contribution in [2.45, 2.75) is 46.5 Å². The van der Waals surface area contributed by atoms with Gasteiger partial charge in [-0.2, -0.15) is 5.26 Å². The molecule has 0 aliphatic carbocycles. The van der Waals surface area contributed by atoms with E-state index in [2.05, 4.69) is 32.2 Å². The van der Waals surface area contributed by atoms with E-state index in [0.29, 0.717) is 5.41 Å². The molecule has 0 saturated carbocycles. The van der Waals surface area contributed by atoms with Gasteiger partial charge in [0, 0.05) is 6.54 Å². The van der Waals surface area contributed by atoms with Crippen LogP contribution in [0.4, 0.5) is 0 Å². The van der Waals surface area contributed by atoms with Gasteiger partial charge in [0.2, 0.25) is 0 Å². The van der Waals surface area contributed by atoms with Crippen molar-refractivity contribution in [2.75, 3.05) is 13.1 Å². The van der Waals surface area contributed by atoms with Crippen molar-refractivity contribution in [3.63, 3.8) is 0 Å². The second-order valence-electron chi connectivity index (χ2n) is 5.73. The van der Waals surface area contributed by atoms with Gasteiger partial charge in [-0.15, -0.1) is 0 Å². The van der Waals surface area contributed by atoms with E-state index in [1.165, 1.54) is 0 Å². The number of nitrogens with zero attached hydrogens (tertiary/aromatic N) is 1. The minimum atomic E-state index is -0.0778. The van der Waals surface area contributed by atoms with E-state index in [4.69, 9.17) is 0 Å². The second kappa shape index (κ2) is 4.31. The van der Waals surface area contributed by atoms with Gasteiger partial charge in [-0.1, -0.05) is 20.8 Å². The summed E-state index contributed by atoms with van der Waals surface area (Å²) in [6.45, 7) is 8.70. The summed E-state index contributed by atoms with van der Waals surface area (Å²) in [6, 6.07) is 2.53. The molecule has 1 unspecified atom stereocenters. The van der Waals surface area contributed by atoms with Gasteiger partial charge in [-0.25, -0.2) is 0 Å². The topological polar surface area (TPSA) is 35.8 Å². The Kier molecular flexibility index (Phi) is 3.55. The highest BCUT2D eigenvalue weighted by molar-refractivity contribution is 5.02. The molecular formula is C12H22N2. The van der Waals surface area contributed by atoms with Gasteiger partial charge in [0.05, 0.1) is 11.5 Å². The van der Waals surface area contributed by atoms with Crippen LogP contribution in [0.1, 0.15) is 46.5 Å². The molecule has 0 amide bonds. The van der Waals surface area contributed by atoms with Crippen molar-refractivity contribution in [3.05, 3.63) is 0 Å². The number of nitriles is 1. The molecule has 80 valence electrons. The Balaban J connectivity index is 2.50. The third-order valence-corrected chi connectivity index (χ3v) is 3.06. The highest BCUT2D eigenvalue weighted by atomic mass is 14.9. The first-order valence-electron chi connectivity index (χ1n) is 5.59. The summed E-state index contributed by atoms with van der Waals surface area (Å²) in [5, 5.41) is 12.6.